The zero-order valence-corrected chi connectivity index (χ0v) is 22.0. The highest BCUT2D eigenvalue weighted by Gasteiger charge is 2.31. The first-order valence-corrected chi connectivity index (χ1v) is 12.9. The van der Waals surface area contributed by atoms with E-state index in [9.17, 15) is 13.2 Å². The van der Waals surface area contributed by atoms with E-state index in [2.05, 4.69) is 29.8 Å². The Labute approximate surface area is 228 Å². The Kier molecular flexibility index (Phi) is 9.10. The van der Waals surface area contributed by atoms with Gasteiger partial charge in [0.15, 0.2) is 0 Å². The predicted octanol–water partition coefficient (Wildman–Crippen LogP) is 7.97. The fourth-order valence-electron chi connectivity index (χ4n) is 4.20. The largest absolute Gasteiger partial charge is 0.573 e. The topological polar surface area (TPSA) is 53.5 Å². The molecule has 2 fully saturated rings. The van der Waals surface area contributed by atoms with E-state index >= 15 is 0 Å². The molecule has 5 rings (SSSR count). The summed E-state index contributed by atoms with van der Waals surface area (Å²) in [7, 11) is 0. The SMILES string of the molecule is Clc1cc(N2CCCC2)cc(Cl)n1.FC(F)(F)Oc1ccc(Nc2cc(N3CCCC3)cc(Cl)n2)cc1. The summed E-state index contributed by atoms with van der Waals surface area (Å²) < 4.78 is 40.3. The number of nitrogens with zero attached hydrogens (tertiary/aromatic N) is 4. The Balaban J connectivity index is 0.000000207. The summed E-state index contributed by atoms with van der Waals surface area (Å²) in [6.07, 6.45) is 0.0793. The minimum atomic E-state index is -4.70. The minimum Gasteiger partial charge on any atom is -0.406 e. The lowest BCUT2D eigenvalue weighted by Crippen LogP contribution is -2.17. The summed E-state index contributed by atoms with van der Waals surface area (Å²) >= 11 is 17.7. The number of nitrogens with one attached hydrogen (secondary N) is 1. The zero-order valence-electron chi connectivity index (χ0n) is 19.7. The summed E-state index contributed by atoms with van der Waals surface area (Å²) in [6, 6.07) is 12.8. The van der Waals surface area contributed by atoms with Crippen molar-refractivity contribution >= 4 is 57.7 Å². The Hall–Kier alpha value is -2.62. The average molecular weight is 575 g/mol. The van der Waals surface area contributed by atoms with E-state index in [1.54, 1.807) is 6.07 Å². The average Bonchev–Trinajstić information content (AvgIpc) is 3.54. The van der Waals surface area contributed by atoms with Crippen LogP contribution in [-0.4, -0.2) is 42.5 Å². The molecule has 2 aliphatic rings. The summed E-state index contributed by atoms with van der Waals surface area (Å²) in [5.41, 5.74) is 2.65. The smallest absolute Gasteiger partial charge is 0.406 e. The molecule has 2 aromatic heterocycles. The van der Waals surface area contributed by atoms with Gasteiger partial charge in [0, 0.05) is 49.3 Å². The molecule has 3 aromatic rings. The monoisotopic (exact) mass is 573 g/mol. The number of anilines is 4. The molecule has 2 aliphatic heterocycles. The summed E-state index contributed by atoms with van der Waals surface area (Å²) in [5.74, 6) is 0.263. The molecule has 4 heterocycles. The quantitative estimate of drug-likeness (QED) is 0.312. The predicted molar refractivity (Wildman–Crippen MR) is 143 cm³/mol. The molecule has 0 aliphatic carbocycles. The van der Waals surface area contributed by atoms with Crippen LogP contribution in [0.15, 0.2) is 48.5 Å². The molecule has 6 nitrogen and oxygen atoms in total. The maximum atomic E-state index is 12.2. The van der Waals surface area contributed by atoms with Gasteiger partial charge in [-0.2, -0.15) is 0 Å². The third kappa shape index (κ3) is 8.45. The second-order valence-electron chi connectivity index (χ2n) is 8.59. The number of alkyl halides is 3. The Morgan fingerprint density at radius 3 is 1.65 bits per heavy atom. The van der Waals surface area contributed by atoms with E-state index in [4.69, 9.17) is 34.8 Å². The second-order valence-corrected chi connectivity index (χ2v) is 9.75. The van der Waals surface area contributed by atoms with Gasteiger partial charge in [0.05, 0.1) is 0 Å². The van der Waals surface area contributed by atoms with Crippen LogP contribution >= 0.6 is 34.8 Å². The minimum absolute atomic E-state index is 0.273. The molecule has 0 atom stereocenters. The lowest BCUT2D eigenvalue weighted by atomic mass is 10.3. The van der Waals surface area contributed by atoms with E-state index in [-0.39, 0.29) is 5.75 Å². The van der Waals surface area contributed by atoms with Crippen molar-refractivity contribution in [2.75, 3.05) is 41.3 Å². The second kappa shape index (κ2) is 12.3. The molecule has 0 spiro atoms. The lowest BCUT2D eigenvalue weighted by molar-refractivity contribution is -0.274. The molecule has 1 aromatic carbocycles. The molecule has 0 unspecified atom stereocenters. The normalized spacial score (nSPS) is 15.4. The number of aromatic nitrogens is 2. The van der Waals surface area contributed by atoms with Crippen LogP contribution in [0.25, 0.3) is 0 Å². The van der Waals surface area contributed by atoms with Crippen molar-refractivity contribution in [1.29, 1.82) is 0 Å². The van der Waals surface area contributed by atoms with Gasteiger partial charge < -0.3 is 19.9 Å². The van der Waals surface area contributed by atoms with Gasteiger partial charge in [0.2, 0.25) is 0 Å². The molecular formula is C25H25Cl3F3N5O. The van der Waals surface area contributed by atoms with Crippen LogP contribution < -0.4 is 19.9 Å². The highest BCUT2D eigenvalue weighted by molar-refractivity contribution is 6.32. The Bertz CT molecular complexity index is 1160. The first-order valence-electron chi connectivity index (χ1n) is 11.8. The highest BCUT2D eigenvalue weighted by Crippen LogP contribution is 2.29. The lowest BCUT2D eigenvalue weighted by Gasteiger charge is -2.19. The van der Waals surface area contributed by atoms with Gasteiger partial charge >= 0.3 is 6.36 Å². The maximum absolute atomic E-state index is 12.2. The molecular weight excluding hydrogens is 550 g/mol. The fraction of sp³-hybridized carbons (Fsp3) is 0.360. The Morgan fingerprint density at radius 2 is 1.16 bits per heavy atom. The number of hydrogen-bond donors (Lipinski definition) is 1. The molecule has 0 amide bonds. The van der Waals surface area contributed by atoms with Crippen molar-refractivity contribution in [1.82, 2.24) is 9.97 Å². The van der Waals surface area contributed by atoms with Crippen LogP contribution in [0.3, 0.4) is 0 Å². The molecule has 198 valence electrons. The molecule has 0 radical (unpaired) electrons. The summed E-state index contributed by atoms with van der Waals surface area (Å²) in [6.45, 7) is 4.14. The van der Waals surface area contributed by atoms with Gasteiger partial charge in [-0.1, -0.05) is 34.8 Å². The van der Waals surface area contributed by atoms with Gasteiger partial charge in [-0.3, -0.25) is 0 Å². The maximum Gasteiger partial charge on any atom is 0.573 e. The van der Waals surface area contributed by atoms with Crippen molar-refractivity contribution in [3.05, 3.63) is 64.0 Å². The van der Waals surface area contributed by atoms with Crippen LogP contribution in [0.1, 0.15) is 25.7 Å². The summed E-state index contributed by atoms with van der Waals surface area (Å²) in [5, 5.41) is 4.33. The van der Waals surface area contributed by atoms with Crippen LogP contribution in [-0.2, 0) is 0 Å². The van der Waals surface area contributed by atoms with Gasteiger partial charge in [-0.05, 0) is 68.1 Å². The third-order valence-corrected chi connectivity index (χ3v) is 6.41. The number of rotatable bonds is 5. The first-order chi connectivity index (χ1) is 17.6. The van der Waals surface area contributed by atoms with E-state index < -0.39 is 6.36 Å². The van der Waals surface area contributed by atoms with Crippen LogP contribution in [0, 0.1) is 0 Å². The molecule has 0 saturated carbocycles. The van der Waals surface area contributed by atoms with E-state index in [1.165, 1.54) is 37.1 Å². The van der Waals surface area contributed by atoms with Crippen LogP contribution in [0.5, 0.6) is 5.75 Å². The van der Waals surface area contributed by atoms with Crippen molar-refractivity contribution in [3.63, 3.8) is 0 Å². The molecule has 1 N–H and O–H groups in total. The molecule has 12 heteroatoms. The zero-order chi connectivity index (χ0) is 26.4. The van der Waals surface area contributed by atoms with Gasteiger partial charge in [0.1, 0.15) is 27.0 Å². The van der Waals surface area contributed by atoms with Crippen molar-refractivity contribution in [2.45, 2.75) is 32.0 Å². The van der Waals surface area contributed by atoms with Gasteiger partial charge in [-0.25, -0.2) is 9.97 Å². The number of halogens is 6. The van der Waals surface area contributed by atoms with E-state index in [1.807, 2.05) is 18.2 Å². The van der Waals surface area contributed by atoms with Crippen molar-refractivity contribution in [2.24, 2.45) is 0 Å². The Morgan fingerprint density at radius 1 is 0.703 bits per heavy atom. The number of benzene rings is 1. The van der Waals surface area contributed by atoms with Gasteiger partial charge in [0.25, 0.3) is 0 Å². The van der Waals surface area contributed by atoms with E-state index in [0.717, 1.165) is 50.4 Å². The van der Waals surface area contributed by atoms with Crippen molar-refractivity contribution < 1.29 is 17.9 Å². The molecule has 37 heavy (non-hydrogen) atoms. The standard InChI is InChI=1S/C16H15ClF3N3O.C9H10Cl2N2/c17-14-9-12(23-7-1-2-8-23)10-15(22-14)21-11-3-5-13(6-4-11)24-16(18,19)20;10-8-5-7(6-9(11)12-8)13-3-1-2-4-13/h3-6,9-10H,1-2,7-8H2,(H,21,22);5-6H,1-4H2. The van der Waals surface area contributed by atoms with Crippen molar-refractivity contribution in [3.8, 4) is 5.75 Å². The third-order valence-electron chi connectivity index (χ3n) is 5.83. The number of pyridine rings is 2. The van der Waals surface area contributed by atoms with Crippen LogP contribution in [0.2, 0.25) is 15.5 Å². The van der Waals surface area contributed by atoms with E-state index in [0.29, 0.717) is 27.0 Å². The highest BCUT2D eigenvalue weighted by atomic mass is 35.5. The van der Waals surface area contributed by atoms with Crippen LogP contribution in [0.4, 0.5) is 36.1 Å². The van der Waals surface area contributed by atoms with Gasteiger partial charge in [-0.15, -0.1) is 13.2 Å². The number of hydrogen-bond acceptors (Lipinski definition) is 6. The number of ether oxygens (including phenoxy) is 1. The fourth-order valence-corrected chi connectivity index (χ4v) is 4.86. The molecule has 0 bridgehead atoms. The molecule has 2 saturated heterocycles. The first kappa shape index (κ1) is 27.4. The summed E-state index contributed by atoms with van der Waals surface area (Å²) in [4.78, 5) is 12.6.